The van der Waals surface area contributed by atoms with Gasteiger partial charge in [0.2, 0.25) is 0 Å². The highest BCUT2D eigenvalue weighted by atomic mass is 32.2. The maximum absolute atomic E-state index is 2.41. The Balaban J connectivity index is 2.17. The van der Waals surface area contributed by atoms with E-state index < -0.39 is 0 Å². The first kappa shape index (κ1) is 10.4. The van der Waals surface area contributed by atoms with Crippen molar-refractivity contribution in [3.63, 3.8) is 0 Å². The van der Waals surface area contributed by atoms with Gasteiger partial charge in [-0.25, -0.2) is 0 Å². The van der Waals surface area contributed by atoms with Gasteiger partial charge in [-0.2, -0.15) is 0 Å². The van der Waals surface area contributed by atoms with E-state index in [1.54, 1.807) is 0 Å². The van der Waals surface area contributed by atoms with Crippen molar-refractivity contribution >= 4 is 10.9 Å². The van der Waals surface area contributed by atoms with E-state index in [4.69, 9.17) is 0 Å². The van der Waals surface area contributed by atoms with E-state index in [0.29, 0.717) is 10.9 Å². The molecular formula is C11H23S+. The molecular weight excluding hydrogens is 164 g/mol. The zero-order chi connectivity index (χ0) is 8.97. The lowest BCUT2D eigenvalue weighted by molar-refractivity contribution is 0.481. The highest BCUT2D eigenvalue weighted by Crippen LogP contribution is 2.33. The van der Waals surface area contributed by atoms with Gasteiger partial charge >= 0.3 is 0 Å². The Labute approximate surface area is 80.5 Å². The van der Waals surface area contributed by atoms with E-state index in [-0.39, 0.29) is 0 Å². The fourth-order valence-corrected chi connectivity index (χ4v) is 3.48. The first-order valence-corrected chi connectivity index (χ1v) is 7.40. The van der Waals surface area contributed by atoms with Crippen molar-refractivity contribution in [2.24, 2.45) is 5.92 Å². The third kappa shape index (κ3) is 3.01. The van der Waals surface area contributed by atoms with Crippen LogP contribution < -0.4 is 0 Å². The van der Waals surface area contributed by atoms with Crippen LogP contribution in [0.3, 0.4) is 0 Å². The summed E-state index contributed by atoms with van der Waals surface area (Å²) in [6.45, 7) is 2.30. The molecule has 0 aromatic rings. The fourth-order valence-electron chi connectivity index (χ4n) is 2.21. The Morgan fingerprint density at radius 1 is 1.25 bits per heavy atom. The van der Waals surface area contributed by atoms with Gasteiger partial charge in [0.15, 0.2) is 0 Å². The normalized spacial score (nSPS) is 30.0. The molecule has 0 amide bonds. The molecule has 2 atom stereocenters. The second-order valence-corrected chi connectivity index (χ2v) is 6.75. The van der Waals surface area contributed by atoms with E-state index in [1.165, 1.54) is 38.5 Å². The second kappa shape index (κ2) is 5.16. The predicted molar refractivity (Wildman–Crippen MR) is 59.9 cm³/mol. The first-order valence-electron chi connectivity index (χ1n) is 5.30. The molecule has 1 saturated carbocycles. The molecule has 0 spiro atoms. The molecule has 12 heavy (non-hydrogen) atoms. The van der Waals surface area contributed by atoms with Gasteiger partial charge in [0.1, 0.15) is 5.25 Å². The Morgan fingerprint density at radius 2 is 2.00 bits per heavy atom. The van der Waals surface area contributed by atoms with Gasteiger partial charge in [-0.05, 0) is 36.1 Å². The average Bonchev–Trinajstić information content (AvgIpc) is 2.48. The summed E-state index contributed by atoms with van der Waals surface area (Å²) in [6, 6.07) is 0. The molecule has 0 aliphatic heterocycles. The van der Waals surface area contributed by atoms with E-state index in [1.807, 2.05) is 0 Å². The van der Waals surface area contributed by atoms with Crippen molar-refractivity contribution in [2.75, 3.05) is 12.5 Å². The summed E-state index contributed by atoms with van der Waals surface area (Å²) < 4.78 is 0. The molecule has 0 saturated heterocycles. The summed E-state index contributed by atoms with van der Waals surface area (Å²) in [5, 5.41) is 1.08. The Bertz CT molecular complexity index is 120. The molecule has 0 aromatic carbocycles. The minimum atomic E-state index is 0.683. The van der Waals surface area contributed by atoms with E-state index >= 15 is 0 Å². The zero-order valence-electron chi connectivity index (χ0n) is 8.81. The van der Waals surface area contributed by atoms with Crippen molar-refractivity contribution in [3.8, 4) is 0 Å². The summed E-state index contributed by atoms with van der Waals surface area (Å²) >= 11 is 0. The molecule has 0 nitrogen and oxygen atoms in total. The molecule has 72 valence electrons. The SMILES string of the molecule is CCCCC1CCC([S+](C)C)C1. The minimum absolute atomic E-state index is 0.683. The molecule has 1 aliphatic carbocycles. The van der Waals surface area contributed by atoms with Crippen molar-refractivity contribution < 1.29 is 0 Å². The summed E-state index contributed by atoms with van der Waals surface area (Å²) in [5.41, 5.74) is 0. The van der Waals surface area contributed by atoms with E-state index in [0.717, 1.165) is 11.2 Å². The number of unbranched alkanes of at least 4 members (excludes halogenated alkanes) is 1. The van der Waals surface area contributed by atoms with Crippen LogP contribution in [0.15, 0.2) is 0 Å². The van der Waals surface area contributed by atoms with Gasteiger partial charge in [-0.1, -0.05) is 26.2 Å². The topological polar surface area (TPSA) is 0 Å². The zero-order valence-corrected chi connectivity index (χ0v) is 9.62. The largest absolute Gasteiger partial charge is 0.118 e. The lowest BCUT2D eigenvalue weighted by atomic mass is 10.0. The maximum atomic E-state index is 2.41. The van der Waals surface area contributed by atoms with Gasteiger partial charge in [-0.3, -0.25) is 0 Å². The van der Waals surface area contributed by atoms with Crippen molar-refractivity contribution in [1.82, 2.24) is 0 Å². The fraction of sp³-hybridized carbons (Fsp3) is 1.00. The number of hydrogen-bond donors (Lipinski definition) is 0. The van der Waals surface area contributed by atoms with Crippen LogP contribution in [0.25, 0.3) is 0 Å². The van der Waals surface area contributed by atoms with Crippen LogP contribution in [-0.2, 0) is 10.9 Å². The second-order valence-electron chi connectivity index (χ2n) is 4.32. The third-order valence-electron chi connectivity index (χ3n) is 3.13. The first-order chi connectivity index (χ1) is 5.74. The highest BCUT2D eigenvalue weighted by molar-refractivity contribution is 7.96. The lowest BCUT2D eigenvalue weighted by Crippen LogP contribution is -2.15. The molecule has 2 unspecified atom stereocenters. The standard InChI is InChI=1S/C11H23S/c1-4-5-6-10-7-8-11(9-10)12(2)3/h10-11H,4-9H2,1-3H3/q+1. The Hall–Kier alpha value is 0.350. The monoisotopic (exact) mass is 187 g/mol. The number of hydrogen-bond acceptors (Lipinski definition) is 0. The highest BCUT2D eigenvalue weighted by Gasteiger charge is 2.31. The van der Waals surface area contributed by atoms with Crippen LogP contribution in [0.1, 0.15) is 45.4 Å². The maximum Gasteiger partial charge on any atom is 0.118 e. The van der Waals surface area contributed by atoms with Crippen LogP contribution >= 0.6 is 0 Å². The van der Waals surface area contributed by atoms with Crippen molar-refractivity contribution in [1.29, 1.82) is 0 Å². The molecule has 0 heterocycles. The van der Waals surface area contributed by atoms with Gasteiger partial charge in [0.05, 0.1) is 12.5 Å². The molecule has 1 heteroatoms. The van der Waals surface area contributed by atoms with Crippen LogP contribution in [0, 0.1) is 5.92 Å². The molecule has 0 N–H and O–H groups in total. The molecule has 1 aliphatic rings. The third-order valence-corrected chi connectivity index (χ3v) is 4.89. The van der Waals surface area contributed by atoms with E-state index in [2.05, 4.69) is 19.4 Å². The predicted octanol–water partition coefficient (Wildman–Crippen LogP) is 3.22. The van der Waals surface area contributed by atoms with Gasteiger partial charge in [0.25, 0.3) is 0 Å². The molecule has 0 aromatic heterocycles. The van der Waals surface area contributed by atoms with Crippen LogP contribution in [0.5, 0.6) is 0 Å². The van der Waals surface area contributed by atoms with Crippen LogP contribution in [0.2, 0.25) is 0 Å². The van der Waals surface area contributed by atoms with E-state index in [9.17, 15) is 0 Å². The smallest absolute Gasteiger partial charge is 0.0654 e. The van der Waals surface area contributed by atoms with Crippen molar-refractivity contribution in [2.45, 2.75) is 50.7 Å². The number of rotatable bonds is 4. The summed E-state index contributed by atoms with van der Waals surface area (Å²) in [6.07, 6.45) is 13.7. The molecule has 1 fully saturated rings. The Kier molecular flexibility index (Phi) is 4.49. The van der Waals surface area contributed by atoms with Gasteiger partial charge in [-0.15, -0.1) is 0 Å². The summed E-state index contributed by atoms with van der Waals surface area (Å²) in [4.78, 5) is 0. The summed E-state index contributed by atoms with van der Waals surface area (Å²) in [5.74, 6) is 1.09. The van der Waals surface area contributed by atoms with Gasteiger partial charge in [0, 0.05) is 0 Å². The average molecular weight is 187 g/mol. The van der Waals surface area contributed by atoms with Gasteiger partial charge < -0.3 is 0 Å². The molecule has 1 rings (SSSR count). The summed E-state index contributed by atoms with van der Waals surface area (Å²) in [7, 11) is 0.683. The minimum Gasteiger partial charge on any atom is -0.0654 e. The molecule has 0 radical (unpaired) electrons. The quantitative estimate of drug-likeness (QED) is 0.593. The van der Waals surface area contributed by atoms with Crippen LogP contribution in [0.4, 0.5) is 0 Å². The van der Waals surface area contributed by atoms with Crippen LogP contribution in [-0.4, -0.2) is 17.8 Å². The van der Waals surface area contributed by atoms with Crippen molar-refractivity contribution in [3.05, 3.63) is 0 Å². The molecule has 0 bridgehead atoms. The lowest BCUT2D eigenvalue weighted by Gasteiger charge is -2.08. The Morgan fingerprint density at radius 3 is 2.50 bits per heavy atom.